The van der Waals surface area contributed by atoms with Crippen LogP contribution in [0.3, 0.4) is 0 Å². The summed E-state index contributed by atoms with van der Waals surface area (Å²) in [6, 6.07) is 2.13. The lowest BCUT2D eigenvalue weighted by Crippen LogP contribution is -2.51. The summed E-state index contributed by atoms with van der Waals surface area (Å²) in [5.41, 5.74) is 0. The van der Waals surface area contributed by atoms with E-state index in [0.29, 0.717) is 5.75 Å². The van der Waals surface area contributed by atoms with Gasteiger partial charge in [0.05, 0.1) is 44.4 Å². The van der Waals surface area contributed by atoms with Gasteiger partial charge in [-0.3, -0.25) is 0 Å². The molecule has 1 aliphatic rings. The number of carbonyl (C=O) groups is 1. The van der Waals surface area contributed by atoms with E-state index >= 15 is 0 Å². The number of amides is 1. The molecule has 0 aliphatic carbocycles. The van der Waals surface area contributed by atoms with Crippen LogP contribution in [0.15, 0.2) is 23.1 Å². The number of sulfonamides is 1. The molecule has 1 fully saturated rings. The molecule has 1 aliphatic heterocycles. The summed E-state index contributed by atoms with van der Waals surface area (Å²) < 4.78 is 66.6. The molecule has 0 aromatic heterocycles. The number of sulfone groups is 1. The summed E-state index contributed by atoms with van der Waals surface area (Å²) in [7, 11) is -4.93. The van der Waals surface area contributed by atoms with E-state index in [1.807, 2.05) is 0 Å². The van der Waals surface area contributed by atoms with Crippen LogP contribution in [0.4, 0.5) is 4.79 Å². The first-order valence-electron chi connectivity index (χ1n) is 8.00. The number of carbonyl (C=O) groups excluding carboxylic acids is 1. The average molecular weight is 422 g/mol. The van der Waals surface area contributed by atoms with Crippen LogP contribution in [-0.4, -0.2) is 67.3 Å². The van der Waals surface area contributed by atoms with Gasteiger partial charge in [0.1, 0.15) is 16.4 Å². The van der Waals surface area contributed by atoms with Crippen molar-refractivity contribution in [2.45, 2.75) is 23.9 Å². The Hall–Kier alpha value is -2.05. The maximum absolute atomic E-state index is 12.8. The van der Waals surface area contributed by atoms with Crippen LogP contribution in [0, 0.1) is 0 Å². The zero-order valence-electron chi connectivity index (χ0n) is 15.1. The molecule has 12 heteroatoms. The molecular weight excluding hydrogens is 400 g/mol. The van der Waals surface area contributed by atoms with E-state index in [2.05, 4.69) is 10.0 Å². The van der Waals surface area contributed by atoms with Crippen LogP contribution in [0.5, 0.6) is 11.5 Å². The van der Waals surface area contributed by atoms with Crippen LogP contribution >= 0.6 is 0 Å². The van der Waals surface area contributed by atoms with Gasteiger partial charge >= 0.3 is 6.09 Å². The van der Waals surface area contributed by atoms with Gasteiger partial charge in [-0.2, -0.15) is 0 Å². The molecule has 1 aromatic carbocycles. The highest BCUT2D eigenvalue weighted by Gasteiger charge is 2.41. The number of ether oxygens (including phenoxy) is 3. The topological polar surface area (TPSA) is 137 Å². The molecule has 1 saturated heterocycles. The Morgan fingerprint density at radius 2 is 1.85 bits per heavy atom. The van der Waals surface area contributed by atoms with Gasteiger partial charge in [-0.1, -0.05) is 0 Å². The second kappa shape index (κ2) is 8.31. The summed E-state index contributed by atoms with van der Waals surface area (Å²) in [6.45, 7) is 1.70. The number of methoxy groups -OCH3 is 2. The number of nitrogens with one attached hydrogen (secondary N) is 2. The third kappa shape index (κ3) is 5.23. The first-order chi connectivity index (χ1) is 12.6. The fourth-order valence-electron chi connectivity index (χ4n) is 2.69. The van der Waals surface area contributed by atoms with E-state index in [1.165, 1.54) is 32.4 Å². The Morgan fingerprint density at radius 3 is 2.44 bits per heavy atom. The number of hydrogen-bond donors (Lipinski definition) is 2. The Morgan fingerprint density at radius 1 is 1.19 bits per heavy atom. The Balaban J connectivity index is 2.28. The van der Waals surface area contributed by atoms with Crippen molar-refractivity contribution < 1.29 is 35.8 Å². The van der Waals surface area contributed by atoms with E-state index in [-0.39, 0.29) is 17.3 Å². The SMILES string of the molecule is CCOC(=O)N[C@@H]1CS(=O)(=O)C[C@H]1NS(=O)(=O)c1ccc(OC)cc1OC. The molecule has 0 unspecified atom stereocenters. The van der Waals surface area contributed by atoms with Crippen LogP contribution in [0.1, 0.15) is 6.92 Å². The average Bonchev–Trinajstić information content (AvgIpc) is 2.86. The van der Waals surface area contributed by atoms with Crippen molar-refractivity contribution in [3.8, 4) is 11.5 Å². The fourth-order valence-corrected chi connectivity index (χ4v) is 6.08. The minimum Gasteiger partial charge on any atom is -0.497 e. The standard InChI is InChI=1S/C15H22N2O8S2/c1-4-25-15(18)16-11-8-26(19,20)9-12(11)17-27(21,22)14-6-5-10(23-2)7-13(14)24-3/h5-7,11-12,17H,4,8-9H2,1-3H3,(H,16,18)/t11-,12-/m1/s1. The van der Waals surface area contributed by atoms with Crippen molar-refractivity contribution >= 4 is 26.0 Å². The van der Waals surface area contributed by atoms with Crippen LogP contribution in [0.2, 0.25) is 0 Å². The maximum atomic E-state index is 12.8. The predicted octanol–water partition coefficient (Wildman–Crippen LogP) is -0.106. The van der Waals surface area contributed by atoms with Crippen LogP contribution < -0.4 is 19.5 Å². The monoisotopic (exact) mass is 422 g/mol. The zero-order valence-corrected chi connectivity index (χ0v) is 16.7. The van der Waals surface area contributed by atoms with Gasteiger partial charge < -0.3 is 19.5 Å². The number of benzene rings is 1. The van der Waals surface area contributed by atoms with Gasteiger partial charge in [0.25, 0.3) is 0 Å². The largest absolute Gasteiger partial charge is 0.497 e. The van der Waals surface area contributed by atoms with E-state index in [1.54, 1.807) is 6.92 Å². The lowest BCUT2D eigenvalue weighted by Gasteiger charge is -2.21. The van der Waals surface area contributed by atoms with E-state index in [9.17, 15) is 21.6 Å². The second-order valence-electron chi connectivity index (χ2n) is 5.79. The van der Waals surface area contributed by atoms with Gasteiger partial charge in [-0.15, -0.1) is 0 Å². The molecular formula is C15H22N2O8S2. The summed E-state index contributed by atoms with van der Waals surface area (Å²) in [5.74, 6) is -0.394. The summed E-state index contributed by atoms with van der Waals surface area (Å²) >= 11 is 0. The van der Waals surface area contributed by atoms with Crippen molar-refractivity contribution in [1.29, 1.82) is 0 Å². The molecule has 2 atom stereocenters. The first-order valence-corrected chi connectivity index (χ1v) is 11.3. The van der Waals surface area contributed by atoms with Gasteiger partial charge in [-0.25, -0.2) is 26.4 Å². The zero-order chi connectivity index (χ0) is 20.2. The molecule has 0 saturated carbocycles. The minimum atomic E-state index is -4.13. The molecule has 27 heavy (non-hydrogen) atoms. The molecule has 2 N–H and O–H groups in total. The minimum absolute atomic E-state index is 0.0394. The van der Waals surface area contributed by atoms with Crippen molar-refractivity contribution in [1.82, 2.24) is 10.0 Å². The lowest BCUT2D eigenvalue weighted by molar-refractivity contribution is 0.148. The Bertz CT molecular complexity index is 898. The van der Waals surface area contributed by atoms with Crippen molar-refractivity contribution in [2.24, 2.45) is 0 Å². The highest BCUT2D eigenvalue weighted by Crippen LogP contribution is 2.29. The quantitative estimate of drug-likeness (QED) is 0.621. The molecule has 1 heterocycles. The highest BCUT2D eigenvalue weighted by molar-refractivity contribution is 7.92. The molecule has 2 rings (SSSR count). The van der Waals surface area contributed by atoms with Gasteiger partial charge in [-0.05, 0) is 19.1 Å². The molecule has 0 radical (unpaired) electrons. The Kier molecular flexibility index (Phi) is 6.54. The summed E-state index contributed by atoms with van der Waals surface area (Å²) in [5, 5.41) is 2.39. The van der Waals surface area contributed by atoms with Gasteiger partial charge in [0.2, 0.25) is 10.0 Å². The number of hydrogen-bond acceptors (Lipinski definition) is 8. The van der Waals surface area contributed by atoms with Gasteiger partial charge in [0.15, 0.2) is 9.84 Å². The Labute approximate surface area is 158 Å². The van der Waals surface area contributed by atoms with E-state index in [0.717, 1.165) is 0 Å². The molecule has 1 aromatic rings. The summed E-state index contributed by atoms with van der Waals surface area (Å²) in [4.78, 5) is 11.4. The lowest BCUT2D eigenvalue weighted by atomic mass is 10.2. The normalized spacial score (nSPS) is 21.4. The highest BCUT2D eigenvalue weighted by atomic mass is 32.2. The molecule has 0 spiro atoms. The first kappa shape index (κ1) is 21.3. The van der Waals surface area contributed by atoms with Crippen LogP contribution in [-0.2, 0) is 24.6 Å². The van der Waals surface area contributed by atoms with E-state index in [4.69, 9.17) is 14.2 Å². The fraction of sp³-hybridized carbons (Fsp3) is 0.533. The van der Waals surface area contributed by atoms with Crippen LogP contribution in [0.25, 0.3) is 0 Å². The summed E-state index contributed by atoms with van der Waals surface area (Å²) in [6.07, 6.45) is -0.814. The van der Waals surface area contributed by atoms with Crippen molar-refractivity contribution in [3.05, 3.63) is 18.2 Å². The third-order valence-electron chi connectivity index (χ3n) is 3.90. The van der Waals surface area contributed by atoms with Gasteiger partial charge in [0, 0.05) is 6.07 Å². The van der Waals surface area contributed by atoms with Crippen molar-refractivity contribution in [2.75, 3.05) is 32.3 Å². The molecule has 10 nitrogen and oxygen atoms in total. The smallest absolute Gasteiger partial charge is 0.407 e. The number of alkyl carbamates (subject to hydrolysis) is 1. The molecule has 0 bridgehead atoms. The number of rotatable bonds is 7. The second-order valence-corrected chi connectivity index (χ2v) is 9.63. The molecule has 1 amide bonds. The predicted molar refractivity (Wildman–Crippen MR) is 96.3 cm³/mol. The van der Waals surface area contributed by atoms with Crippen molar-refractivity contribution in [3.63, 3.8) is 0 Å². The molecule has 152 valence electrons. The maximum Gasteiger partial charge on any atom is 0.407 e. The third-order valence-corrected chi connectivity index (χ3v) is 7.16. The van der Waals surface area contributed by atoms with E-state index < -0.39 is 49.5 Å².